The zero-order chi connectivity index (χ0) is 8.91. The van der Waals surface area contributed by atoms with Crippen molar-refractivity contribution in [1.29, 1.82) is 0 Å². The highest BCUT2D eigenvalue weighted by atomic mass is 16.6. The van der Waals surface area contributed by atoms with Crippen LogP contribution in [0.1, 0.15) is 6.92 Å². The fraction of sp³-hybridized carbons (Fsp3) is 0.833. The summed E-state index contributed by atoms with van der Waals surface area (Å²) in [7, 11) is 0. The molecule has 0 rings (SSSR count). The first-order valence-electron chi connectivity index (χ1n) is 3.22. The summed E-state index contributed by atoms with van der Waals surface area (Å²) < 4.78 is 4.51. The Morgan fingerprint density at radius 3 is 2.55 bits per heavy atom. The Hall–Kier alpha value is -0.490. The molecule has 0 saturated carbocycles. The Morgan fingerprint density at radius 2 is 2.27 bits per heavy atom. The number of carbonyl (C=O) groups excluding carboxylic acids is 1. The lowest BCUT2D eigenvalue weighted by Crippen LogP contribution is -2.48. The third kappa shape index (κ3) is 2.55. The molecular formula is C6H12O5. The van der Waals surface area contributed by atoms with Gasteiger partial charge in [-0.15, -0.1) is 0 Å². The Morgan fingerprint density at radius 1 is 1.73 bits per heavy atom. The van der Waals surface area contributed by atoms with Crippen molar-refractivity contribution in [3.63, 3.8) is 0 Å². The Balaban J connectivity index is 4.18. The van der Waals surface area contributed by atoms with E-state index in [1.165, 1.54) is 0 Å². The van der Waals surface area contributed by atoms with Crippen molar-refractivity contribution in [2.45, 2.75) is 18.8 Å². The first kappa shape index (κ1) is 10.5. The van der Waals surface area contributed by atoms with E-state index < -0.39 is 18.5 Å². The largest absolute Gasteiger partial charge is 0.393 e. The van der Waals surface area contributed by atoms with Crippen LogP contribution in [0.3, 0.4) is 0 Å². The fourth-order valence-corrected chi connectivity index (χ4v) is 0.571. The second-order valence-corrected chi connectivity index (χ2v) is 2.00. The summed E-state index contributed by atoms with van der Waals surface area (Å²) >= 11 is 0. The number of aliphatic hydroxyl groups excluding tert-OH is 2. The molecule has 0 heterocycles. The highest BCUT2D eigenvalue weighted by Gasteiger charge is 2.35. The van der Waals surface area contributed by atoms with Crippen LogP contribution in [0.15, 0.2) is 0 Å². The van der Waals surface area contributed by atoms with E-state index in [0.717, 1.165) is 0 Å². The number of aldehydes is 1. The summed E-state index contributed by atoms with van der Waals surface area (Å²) in [5.74, 6) is -2.27. The van der Waals surface area contributed by atoms with Gasteiger partial charge in [-0.05, 0) is 6.92 Å². The third-order valence-electron chi connectivity index (χ3n) is 1.19. The lowest BCUT2D eigenvalue weighted by atomic mass is 10.2. The van der Waals surface area contributed by atoms with Crippen molar-refractivity contribution in [1.82, 2.24) is 0 Å². The number of hydrogen-bond acceptors (Lipinski definition) is 5. The molecule has 0 spiro atoms. The quantitative estimate of drug-likeness (QED) is 0.332. The summed E-state index contributed by atoms with van der Waals surface area (Å²) in [5.41, 5.74) is 0. The zero-order valence-corrected chi connectivity index (χ0v) is 6.23. The molecule has 0 amide bonds. The molecule has 5 heteroatoms. The Kier molecular flexibility index (Phi) is 4.20. The van der Waals surface area contributed by atoms with Crippen LogP contribution in [0.4, 0.5) is 0 Å². The van der Waals surface area contributed by atoms with Gasteiger partial charge in [-0.25, -0.2) is 0 Å². The predicted octanol–water partition coefficient (Wildman–Crippen LogP) is -1.74. The van der Waals surface area contributed by atoms with Crippen molar-refractivity contribution < 1.29 is 24.9 Å². The highest BCUT2D eigenvalue weighted by molar-refractivity contribution is 5.60. The maximum atomic E-state index is 10.2. The normalized spacial score (nSPS) is 18.9. The molecule has 0 aliphatic carbocycles. The van der Waals surface area contributed by atoms with Gasteiger partial charge in [0.1, 0.15) is 6.10 Å². The van der Waals surface area contributed by atoms with Crippen molar-refractivity contribution in [2.75, 3.05) is 13.2 Å². The van der Waals surface area contributed by atoms with Gasteiger partial charge in [-0.3, -0.25) is 4.79 Å². The lowest BCUT2D eigenvalue weighted by Gasteiger charge is -2.25. The van der Waals surface area contributed by atoms with Gasteiger partial charge < -0.3 is 20.1 Å². The first-order chi connectivity index (χ1) is 5.10. The molecule has 0 aromatic rings. The molecule has 0 aromatic heterocycles. The summed E-state index contributed by atoms with van der Waals surface area (Å²) in [6, 6.07) is 0. The number of carbonyl (C=O) groups is 1. The van der Waals surface area contributed by atoms with Gasteiger partial charge in [0.25, 0.3) is 5.79 Å². The number of rotatable bonds is 5. The van der Waals surface area contributed by atoms with Crippen LogP contribution in [-0.4, -0.2) is 46.7 Å². The van der Waals surface area contributed by atoms with Crippen molar-refractivity contribution in [3.05, 3.63) is 0 Å². The van der Waals surface area contributed by atoms with E-state index in [4.69, 9.17) is 15.3 Å². The maximum absolute atomic E-state index is 10.2. The molecule has 3 N–H and O–H groups in total. The van der Waals surface area contributed by atoms with Gasteiger partial charge in [0, 0.05) is 6.61 Å². The molecule has 5 nitrogen and oxygen atoms in total. The van der Waals surface area contributed by atoms with Crippen LogP contribution in [0.25, 0.3) is 0 Å². The first-order valence-corrected chi connectivity index (χ1v) is 3.22. The second kappa shape index (κ2) is 4.40. The standard InChI is InChI=1S/C6H12O5/c1-2-11-6(10,4-8)5(9)3-7/h4-5,7,9-10H,2-3H2,1H3. The van der Waals surface area contributed by atoms with Crippen LogP contribution in [0.2, 0.25) is 0 Å². The molecule has 2 unspecified atom stereocenters. The van der Waals surface area contributed by atoms with Crippen LogP contribution >= 0.6 is 0 Å². The van der Waals surface area contributed by atoms with E-state index in [1.807, 2.05) is 0 Å². The summed E-state index contributed by atoms with van der Waals surface area (Å²) in [6.07, 6.45) is -1.54. The number of ether oxygens (including phenoxy) is 1. The average molecular weight is 164 g/mol. The van der Waals surface area contributed by atoms with E-state index >= 15 is 0 Å². The summed E-state index contributed by atoms with van der Waals surface area (Å²) in [6.45, 7) is 0.903. The van der Waals surface area contributed by atoms with Crippen molar-refractivity contribution >= 4 is 6.29 Å². The third-order valence-corrected chi connectivity index (χ3v) is 1.19. The highest BCUT2D eigenvalue weighted by Crippen LogP contribution is 2.08. The topological polar surface area (TPSA) is 87.0 Å². The lowest BCUT2D eigenvalue weighted by molar-refractivity contribution is -0.238. The SMILES string of the molecule is CCOC(O)(C=O)C(O)CO. The molecule has 0 saturated heterocycles. The maximum Gasteiger partial charge on any atom is 0.252 e. The molecule has 0 aromatic carbocycles. The molecule has 0 fully saturated rings. The van der Waals surface area contributed by atoms with Crippen molar-refractivity contribution in [2.24, 2.45) is 0 Å². The fourth-order valence-electron chi connectivity index (χ4n) is 0.571. The smallest absolute Gasteiger partial charge is 0.252 e. The molecule has 0 aliphatic heterocycles. The van der Waals surface area contributed by atoms with Crippen molar-refractivity contribution in [3.8, 4) is 0 Å². The molecule has 66 valence electrons. The molecule has 0 bridgehead atoms. The summed E-state index contributed by atoms with van der Waals surface area (Å²) in [5, 5.41) is 26.3. The molecule has 2 atom stereocenters. The van der Waals surface area contributed by atoms with E-state index in [-0.39, 0.29) is 12.9 Å². The monoisotopic (exact) mass is 164 g/mol. The van der Waals surface area contributed by atoms with Gasteiger partial charge in [-0.1, -0.05) is 0 Å². The van der Waals surface area contributed by atoms with E-state index in [9.17, 15) is 4.79 Å². The zero-order valence-electron chi connectivity index (χ0n) is 6.23. The Labute approximate surface area is 64.2 Å². The van der Waals surface area contributed by atoms with E-state index in [2.05, 4.69) is 4.74 Å². The number of aliphatic hydroxyl groups is 3. The van der Waals surface area contributed by atoms with Gasteiger partial charge in [-0.2, -0.15) is 0 Å². The van der Waals surface area contributed by atoms with Gasteiger partial charge >= 0.3 is 0 Å². The van der Waals surface area contributed by atoms with Crippen LogP contribution in [0.5, 0.6) is 0 Å². The minimum absolute atomic E-state index is 0.0530. The second-order valence-electron chi connectivity index (χ2n) is 2.00. The van der Waals surface area contributed by atoms with Gasteiger partial charge in [0.15, 0.2) is 6.29 Å². The van der Waals surface area contributed by atoms with Gasteiger partial charge in [0.2, 0.25) is 0 Å². The van der Waals surface area contributed by atoms with Gasteiger partial charge in [0.05, 0.1) is 6.61 Å². The Bertz CT molecular complexity index is 126. The predicted molar refractivity (Wildman–Crippen MR) is 35.7 cm³/mol. The average Bonchev–Trinajstić information content (AvgIpc) is 2.03. The van der Waals surface area contributed by atoms with Crippen LogP contribution in [0, 0.1) is 0 Å². The molecule has 11 heavy (non-hydrogen) atoms. The molecular weight excluding hydrogens is 152 g/mol. The van der Waals surface area contributed by atoms with Crippen LogP contribution < -0.4 is 0 Å². The van der Waals surface area contributed by atoms with E-state index in [0.29, 0.717) is 0 Å². The number of hydrogen-bond donors (Lipinski definition) is 3. The summed E-state index contributed by atoms with van der Waals surface area (Å²) in [4.78, 5) is 10.2. The van der Waals surface area contributed by atoms with E-state index in [1.54, 1.807) is 6.92 Å². The molecule has 0 aliphatic rings. The minimum Gasteiger partial charge on any atom is -0.393 e. The minimum atomic E-state index is -2.27. The van der Waals surface area contributed by atoms with Crippen LogP contribution in [-0.2, 0) is 9.53 Å². The molecule has 0 radical (unpaired) electrons.